The lowest BCUT2D eigenvalue weighted by atomic mass is 10.5. The van der Waals surface area contributed by atoms with E-state index in [2.05, 4.69) is 0 Å². The van der Waals surface area contributed by atoms with E-state index < -0.39 is 18.4 Å². The maximum atomic E-state index is 11.8. The summed E-state index contributed by atoms with van der Waals surface area (Å²) in [6.07, 6.45) is -6.40. The summed E-state index contributed by atoms with van der Waals surface area (Å²) in [6.45, 7) is 0. The third-order valence-electron chi connectivity index (χ3n) is 0.987. The molecular formula is C3H5F3N4O. The summed E-state index contributed by atoms with van der Waals surface area (Å²) in [4.78, 5) is 10.2. The molecule has 1 aliphatic rings. The predicted octanol–water partition coefficient (Wildman–Crippen LogP) is -0.803. The molecule has 1 fully saturated rings. The fraction of sp³-hybridized carbons (Fsp3) is 0.667. The highest BCUT2D eigenvalue weighted by molar-refractivity contribution is 5.73. The highest BCUT2D eigenvalue weighted by Gasteiger charge is 2.41. The van der Waals surface area contributed by atoms with Gasteiger partial charge in [0.15, 0.2) is 6.17 Å². The zero-order valence-electron chi connectivity index (χ0n) is 5.12. The molecule has 0 spiro atoms. The topological polar surface area (TPSA) is 65.2 Å². The van der Waals surface area contributed by atoms with Crippen molar-refractivity contribution in [2.75, 3.05) is 0 Å². The second-order valence-corrected chi connectivity index (χ2v) is 1.84. The molecule has 0 bridgehead atoms. The molecule has 0 saturated carbocycles. The monoisotopic (exact) mass is 170 g/mol. The van der Waals surface area contributed by atoms with Crippen molar-refractivity contribution in [3.8, 4) is 0 Å². The van der Waals surface area contributed by atoms with E-state index >= 15 is 0 Å². The van der Waals surface area contributed by atoms with Gasteiger partial charge in [-0.2, -0.15) is 13.2 Å². The van der Waals surface area contributed by atoms with Crippen LogP contribution in [0, 0.1) is 0 Å². The smallest absolute Gasteiger partial charge is 0.270 e. The Labute approximate surface area is 59.3 Å². The minimum absolute atomic E-state index is 0.759. The normalized spacial score (nSPS) is 20.8. The second kappa shape index (κ2) is 2.55. The average Bonchev–Trinajstić information content (AvgIpc) is 1.86. The maximum absolute atomic E-state index is 11.8. The Morgan fingerprint density at radius 2 is 1.64 bits per heavy atom. The van der Waals surface area contributed by atoms with Gasteiger partial charge >= 0.3 is 12.2 Å². The molecule has 1 heterocycles. The van der Waals surface area contributed by atoms with Crippen molar-refractivity contribution in [1.82, 2.24) is 21.7 Å². The van der Waals surface area contributed by atoms with E-state index in [1.165, 1.54) is 0 Å². The van der Waals surface area contributed by atoms with Crippen LogP contribution in [0.1, 0.15) is 0 Å². The van der Waals surface area contributed by atoms with Crippen LogP contribution >= 0.6 is 0 Å². The summed E-state index contributed by atoms with van der Waals surface area (Å²) in [6, 6.07) is -0.759. The third-order valence-corrected chi connectivity index (χ3v) is 0.987. The molecule has 1 rings (SSSR count). The number of hydrazine groups is 2. The number of hydrogen-bond acceptors (Lipinski definition) is 3. The molecule has 4 N–H and O–H groups in total. The lowest BCUT2D eigenvalue weighted by Gasteiger charge is -2.27. The zero-order valence-corrected chi connectivity index (χ0v) is 5.12. The van der Waals surface area contributed by atoms with Crippen molar-refractivity contribution < 1.29 is 18.0 Å². The fourth-order valence-corrected chi connectivity index (χ4v) is 0.506. The number of carbonyl (C=O) groups excluding carboxylic acids is 1. The van der Waals surface area contributed by atoms with Crippen LogP contribution in [-0.2, 0) is 0 Å². The first-order valence-corrected chi connectivity index (χ1v) is 2.64. The Morgan fingerprint density at radius 1 is 1.18 bits per heavy atom. The second-order valence-electron chi connectivity index (χ2n) is 1.84. The van der Waals surface area contributed by atoms with Gasteiger partial charge in [-0.15, -0.1) is 0 Å². The first kappa shape index (κ1) is 8.08. The Hall–Kier alpha value is -1.02. The lowest BCUT2D eigenvalue weighted by molar-refractivity contribution is -0.169. The van der Waals surface area contributed by atoms with Gasteiger partial charge in [-0.25, -0.2) is 15.6 Å². The number of halogens is 3. The van der Waals surface area contributed by atoms with Crippen LogP contribution in [0.15, 0.2) is 0 Å². The summed E-state index contributed by atoms with van der Waals surface area (Å²) in [7, 11) is 0. The van der Waals surface area contributed by atoms with Gasteiger partial charge in [0, 0.05) is 0 Å². The van der Waals surface area contributed by atoms with Crippen molar-refractivity contribution >= 4 is 6.03 Å². The van der Waals surface area contributed by atoms with E-state index in [0.717, 1.165) is 0 Å². The number of urea groups is 1. The van der Waals surface area contributed by atoms with E-state index in [0.29, 0.717) is 0 Å². The molecule has 0 atom stereocenters. The summed E-state index contributed by atoms with van der Waals surface area (Å²) < 4.78 is 35.3. The molecule has 0 aromatic carbocycles. The molecule has 0 aromatic heterocycles. The summed E-state index contributed by atoms with van der Waals surface area (Å²) in [5, 5.41) is 0. The Balaban J connectivity index is 2.45. The van der Waals surface area contributed by atoms with Crippen LogP contribution in [0.5, 0.6) is 0 Å². The number of alkyl halides is 3. The Bertz CT molecular complexity index is 158. The van der Waals surface area contributed by atoms with Crippen molar-refractivity contribution in [2.45, 2.75) is 12.3 Å². The van der Waals surface area contributed by atoms with Gasteiger partial charge in [0.1, 0.15) is 0 Å². The van der Waals surface area contributed by atoms with E-state index in [9.17, 15) is 18.0 Å². The minimum atomic E-state index is -4.44. The fourth-order valence-electron chi connectivity index (χ4n) is 0.506. The molecule has 5 nitrogen and oxygen atoms in total. The van der Waals surface area contributed by atoms with E-state index in [-0.39, 0.29) is 0 Å². The van der Waals surface area contributed by atoms with Gasteiger partial charge in [-0.05, 0) is 0 Å². The maximum Gasteiger partial charge on any atom is 0.420 e. The van der Waals surface area contributed by atoms with Crippen molar-refractivity contribution in [3.63, 3.8) is 0 Å². The molecule has 1 aliphatic heterocycles. The summed E-state index contributed by atoms with van der Waals surface area (Å²) >= 11 is 0. The van der Waals surface area contributed by atoms with Gasteiger partial charge in [0.25, 0.3) is 0 Å². The van der Waals surface area contributed by atoms with Crippen LogP contribution in [0.3, 0.4) is 0 Å². The molecule has 8 heteroatoms. The number of carbonyl (C=O) groups is 1. The number of nitrogens with one attached hydrogen (secondary N) is 4. The van der Waals surface area contributed by atoms with Crippen LogP contribution in [0.4, 0.5) is 18.0 Å². The summed E-state index contributed by atoms with van der Waals surface area (Å²) in [5.74, 6) is 0. The molecule has 0 aliphatic carbocycles. The van der Waals surface area contributed by atoms with Crippen molar-refractivity contribution in [2.24, 2.45) is 0 Å². The third kappa shape index (κ3) is 1.95. The van der Waals surface area contributed by atoms with Crippen LogP contribution < -0.4 is 21.7 Å². The van der Waals surface area contributed by atoms with Crippen LogP contribution in [0.2, 0.25) is 0 Å². The molecule has 0 aromatic rings. The van der Waals surface area contributed by atoms with Crippen LogP contribution in [-0.4, -0.2) is 18.4 Å². The average molecular weight is 170 g/mol. The van der Waals surface area contributed by atoms with E-state index in [1.807, 2.05) is 0 Å². The van der Waals surface area contributed by atoms with Crippen molar-refractivity contribution in [3.05, 3.63) is 0 Å². The summed E-state index contributed by atoms with van der Waals surface area (Å²) in [5.41, 5.74) is 6.93. The Kier molecular flexibility index (Phi) is 1.87. The lowest BCUT2D eigenvalue weighted by Crippen LogP contribution is -2.70. The number of amides is 2. The highest BCUT2D eigenvalue weighted by atomic mass is 19.4. The quantitative estimate of drug-likeness (QED) is 0.384. The zero-order chi connectivity index (χ0) is 8.48. The molecule has 64 valence electrons. The number of rotatable bonds is 0. The van der Waals surface area contributed by atoms with Gasteiger partial charge in [-0.3, -0.25) is 10.9 Å². The largest absolute Gasteiger partial charge is 0.420 e. The van der Waals surface area contributed by atoms with Gasteiger partial charge in [0.05, 0.1) is 0 Å². The molecule has 2 amide bonds. The molecule has 0 unspecified atom stereocenters. The Morgan fingerprint density at radius 3 is 2.00 bits per heavy atom. The van der Waals surface area contributed by atoms with E-state index in [4.69, 9.17) is 0 Å². The van der Waals surface area contributed by atoms with Crippen molar-refractivity contribution in [1.29, 1.82) is 0 Å². The van der Waals surface area contributed by atoms with Gasteiger partial charge in [0.2, 0.25) is 0 Å². The first-order chi connectivity index (χ1) is 5.00. The SMILES string of the molecule is O=C1NNC(C(F)(F)F)NN1. The minimum Gasteiger partial charge on any atom is -0.270 e. The molecule has 11 heavy (non-hydrogen) atoms. The first-order valence-electron chi connectivity index (χ1n) is 2.64. The number of hydrogen-bond donors (Lipinski definition) is 4. The standard InChI is InChI=1S/C3H5F3N4O/c4-3(5,6)1-7-9-2(11)10-8-1/h1,7-8H,(H2,9,10,11). The van der Waals surface area contributed by atoms with Gasteiger partial charge in [-0.1, -0.05) is 0 Å². The predicted molar refractivity (Wildman–Crippen MR) is 27.8 cm³/mol. The van der Waals surface area contributed by atoms with Crippen LogP contribution in [0.25, 0.3) is 0 Å². The molecule has 0 radical (unpaired) electrons. The highest BCUT2D eigenvalue weighted by Crippen LogP contribution is 2.17. The molecule has 1 saturated heterocycles. The van der Waals surface area contributed by atoms with E-state index in [1.54, 1.807) is 21.7 Å². The van der Waals surface area contributed by atoms with Gasteiger partial charge < -0.3 is 0 Å². The molecular weight excluding hydrogens is 165 g/mol.